The number of hydrogen-bond acceptors (Lipinski definition) is 4. The van der Waals surface area contributed by atoms with Gasteiger partial charge in [-0.25, -0.2) is 4.98 Å². The molecule has 1 aromatic rings. The average Bonchev–Trinajstić information content (AvgIpc) is 2.63. The highest BCUT2D eigenvalue weighted by Gasteiger charge is 2.28. The summed E-state index contributed by atoms with van der Waals surface area (Å²) < 4.78 is 5.57. The summed E-state index contributed by atoms with van der Waals surface area (Å²) in [4.78, 5) is 6.80. The van der Waals surface area contributed by atoms with Crippen molar-refractivity contribution in [2.24, 2.45) is 5.41 Å². The smallest absolute Gasteiger partial charge is 0.208 e. The van der Waals surface area contributed by atoms with E-state index < -0.39 is 0 Å². The van der Waals surface area contributed by atoms with Crippen LogP contribution < -0.4 is 5.32 Å². The Bertz CT molecular complexity index is 372. The molecule has 0 aliphatic carbocycles. The summed E-state index contributed by atoms with van der Waals surface area (Å²) in [5.74, 6) is 1.74. The van der Waals surface area contributed by atoms with Crippen LogP contribution in [0.3, 0.4) is 0 Å². The largest absolute Gasteiger partial charge is 0.444 e. The van der Waals surface area contributed by atoms with E-state index >= 15 is 0 Å². The molecular formula is C14H25N3O. The SMILES string of the molecule is Cc1nc(CNCC2(C)CCN(C)CC2)oc1C. The summed E-state index contributed by atoms with van der Waals surface area (Å²) in [6, 6.07) is 0. The minimum absolute atomic E-state index is 0.420. The first-order valence-corrected chi connectivity index (χ1v) is 6.81. The van der Waals surface area contributed by atoms with Crippen molar-refractivity contribution < 1.29 is 4.42 Å². The molecule has 18 heavy (non-hydrogen) atoms. The molecule has 0 spiro atoms. The number of hydrogen-bond donors (Lipinski definition) is 1. The maximum absolute atomic E-state index is 5.57. The Morgan fingerprint density at radius 1 is 1.33 bits per heavy atom. The number of piperidine rings is 1. The van der Waals surface area contributed by atoms with Gasteiger partial charge in [0.2, 0.25) is 5.89 Å². The van der Waals surface area contributed by atoms with E-state index in [1.54, 1.807) is 0 Å². The van der Waals surface area contributed by atoms with Gasteiger partial charge in [0.05, 0.1) is 12.2 Å². The van der Waals surface area contributed by atoms with Crippen LogP contribution in [0.25, 0.3) is 0 Å². The van der Waals surface area contributed by atoms with Gasteiger partial charge in [0.25, 0.3) is 0 Å². The Morgan fingerprint density at radius 2 is 2.00 bits per heavy atom. The van der Waals surface area contributed by atoms with E-state index in [0.717, 1.165) is 30.4 Å². The molecule has 4 nitrogen and oxygen atoms in total. The monoisotopic (exact) mass is 251 g/mol. The normalized spacial score (nSPS) is 20.2. The number of likely N-dealkylation sites (tertiary alicyclic amines) is 1. The molecule has 1 fully saturated rings. The van der Waals surface area contributed by atoms with Gasteiger partial charge in [0, 0.05) is 6.54 Å². The molecule has 1 aliphatic rings. The molecule has 102 valence electrons. The van der Waals surface area contributed by atoms with Crippen LogP contribution in [0.2, 0.25) is 0 Å². The van der Waals surface area contributed by atoms with Crippen LogP contribution in [0, 0.1) is 19.3 Å². The zero-order valence-electron chi connectivity index (χ0n) is 12.0. The fraction of sp³-hybridized carbons (Fsp3) is 0.786. The third-order valence-corrected chi connectivity index (χ3v) is 4.09. The maximum atomic E-state index is 5.57. The fourth-order valence-electron chi connectivity index (χ4n) is 2.42. The quantitative estimate of drug-likeness (QED) is 0.890. The van der Waals surface area contributed by atoms with Crippen molar-refractivity contribution >= 4 is 0 Å². The summed E-state index contributed by atoms with van der Waals surface area (Å²) >= 11 is 0. The number of aromatic nitrogens is 1. The third kappa shape index (κ3) is 3.33. The minimum Gasteiger partial charge on any atom is -0.444 e. The molecule has 0 amide bonds. The Kier molecular flexibility index (Phi) is 4.07. The number of rotatable bonds is 4. The summed E-state index contributed by atoms with van der Waals surface area (Å²) in [5, 5.41) is 3.49. The van der Waals surface area contributed by atoms with E-state index in [1.807, 2.05) is 13.8 Å². The average molecular weight is 251 g/mol. The highest BCUT2D eigenvalue weighted by atomic mass is 16.4. The van der Waals surface area contributed by atoms with Gasteiger partial charge in [-0.15, -0.1) is 0 Å². The van der Waals surface area contributed by atoms with Crippen LogP contribution in [-0.2, 0) is 6.54 Å². The standard InChI is InChI=1S/C14H25N3O/c1-11-12(2)18-13(16-11)9-15-10-14(3)5-7-17(4)8-6-14/h15H,5-10H2,1-4H3. The van der Waals surface area contributed by atoms with Crippen molar-refractivity contribution in [2.75, 3.05) is 26.7 Å². The van der Waals surface area contributed by atoms with Gasteiger partial charge < -0.3 is 14.6 Å². The second kappa shape index (κ2) is 5.41. The van der Waals surface area contributed by atoms with Crippen LogP contribution >= 0.6 is 0 Å². The molecule has 0 aromatic carbocycles. The zero-order chi connectivity index (χ0) is 13.2. The number of nitrogens with one attached hydrogen (secondary N) is 1. The lowest BCUT2D eigenvalue weighted by atomic mass is 9.80. The molecule has 2 rings (SSSR count). The fourth-order valence-corrected chi connectivity index (χ4v) is 2.42. The van der Waals surface area contributed by atoms with Gasteiger partial charge in [0.1, 0.15) is 5.76 Å². The summed E-state index contributed by atoms with van der Waals surface area (Å²) in [5.41, 5.74) is 1.42. The van der Waals surface area contributed by atoms with Gasteiger partial charge in [0.15, 0.2) is 0 Å². The van der Waals surface area contributed by atoms with E-state index in [9.17, 15) is 0 Å². The first-order chi connectivity index (χ1) is 8.48. The molecule has 0 saturated carbocycles. The van der Waals surface area contributed by atoms with E-state index in [-0.39, 0.29) is 0 Å². The zero-order valence-corrected chi connectivity index (χ0v) is 12.0. The first kappa shape index (κ1) is 13.6. The number of nitrogens with zero attached hydrogens (tertiary/aromatic N) is 2. The molecule has 0 radical (unpaired) electrons. The highest BCUT2D eigenvalue weighted by Crippen LogP contribution is 2.29. The Morgan fingerprint density at radius 3 is 2.56 bits per heavy atom. The summed E-state index contributed by atoms with van der Waals surface area (Å²) in [6.45, 7) is 10.5. The Balaban J connectivity index is 1.78. The lowest BCUT2D eigenvalue weighted by molar-refractivity contribution is 0.136. The van der Waals surface area contributed by atoms with Crippen molar-refractivity contribution in [2.45, 2.75) is 40.2 Å². The molecule has 0 unspecified atom stereocenters. The molecule has 1 saturated heterocycles. The second-order valence-electron chi connectivity index (χ2n) is 5.97. The number of aryl methyl sites for hydroxylation is 2. The molecular weight excluding hydrogens is 226 g/mol. The lowest BCUT2D eigenvalue weighted by Gasteiger charge is -2.38. The molecule has 0 atom stereocenters. The van der Waals surface area contributed by atoms with Crippen molar-refractivity contribution in [3.05, 3.63) is 17.3 Å². The number of oxazole rings is 1. The molecule has 1 aliphatic heterocycles. The highest BCUT2D eigenvalue weighted by molar-refractivity contribution is 5.05. The molecule has 1 aromatic heterocycles. The van der Waals surface area contributed by atoms with Crippen LogP contribution in [0.1, 0.15) is 37.1 Å². The summed E-state index contributed by atoms with van der Waals surface area (Å²) in [7, 11) is 2.20. The summed E-state index contributed by atoms with van der Waals surface area (Å²) in [6.07, 6.45) is 2.53. The van der Waals surface area contributed by atoms with Gasteiger partial charge >= 0.3 is 0 Å². The van der Waals surface area contributed by atoms with Crippen LogP contribution in [0.5, 0.6) is 0 Å². The second-order valence-corrected chi connectivity index (χ2v) is 5.97. The molecule has 0 bridgehead atoms. The van der Waals surface area contributed by atoms with Crippen LogP contribution in [-0.4, -0.2) is 36.6 Å². The van der Waals surface area contributed by atoms with Gasteiger partial charge in [-0.3, -0.25) is 0 Å². The van der Waals surface area contributed by atoms with Crippen molar-refractivity contribution in [1.29, 1.82) is 0 Å². The third-order valence-electron chi connectivity index (χ3n) is 4.09. The van der Waals surface area contributed by atoms with E-state index in [4.69, 9.17) is 4.42 Å². The van der Waals surface area contributed by atoms with E-state index in [0.29, 0.717) is 5.41 Å². The van der Waals surface area contributed by atoms with Gasteiger partial charge in [-0.1, -0.05) is 6.92 Å². The van der Waals surface area contributed by atoms with Crippen LogP contribution in [0.4, 0.5) is 0 Å². The molecule has 1 N–H and O–H groups in total. The lowest BCUT2D eigenvalue weighted by Crippen LogP contribution is -2.41. The van der Waals surface area contributed by atoms with Crippen molar-refractivity contribution in [1.82, 2.24) is 15.2 Å². The van der Waals surface area contributed by atoms with Gasteiger partial charge in [-0.05, 0) is 52.2 Å². The van der Waals surface area contributed by atoms with Gasteiger partial charge in [-0.2, -0.15) is 0 Å². The van der Waals surface area contributed by atoms with Crippen LogP contribution in [0.15, 0.2) is 4.42 Å². The first-order valence-electron chi connectivity index (χ1n) is 6.81. The topological polar surface area (TPSA) is 41.3 Å². The molecule has 2 heterocycles. The Hall–Kier alpha value is -0.870. The maximum Gasteiger partial charge on any atom is 0.208 e. The Labute approximate surface area is 110 Å². The predicted molar refractivity (Wildman–Crippen MR) is 72.5 cm³/mol. The van der Waals surface area contributed by atoms with Crippen molar-refractivity contribution in [3.63, 3.8) is 0 Å². The minimum atomic E-state index is 0.420. The van der Waals surface area contributed by atoms with E-state index in [2.05, 4.69) is 29.2 Å². The van der Waals surface area contributed by atoms with E-state index in [1.165, 1.54) is 25.9 Å². The molecule has 4 heteroatoms. The van der Waals surface area contributed by atoms with Crippen molar-refractivity contribution in [3.8, 4) is 0 Å². The predicted octanol–water partition coefficient (Wildman–Crippen LogP) is 2.11.